The van der Waals surface area contributed by atoms with Gasteiger partial charge < -0.3 is 10.2 Å². The van der Waals surface area contributed by atoms with Crippen LogP contribution in [0.3, 0.4) is 0 Å². The van der Waals surface area contributed by atoms with Crippen molar-refractivity contribution in [2.75, 3.05) is 6.54 Å². The number of nitrogens with two attached hydrogens (primary N) is 1. The normalized spacial score (nSPS) is 11.3. The molecule has 0 bridgehead atoms. The van der Waals surface area contributed by atoms with Gasteiger partial charge in [0.25, 0.3) is 0 Å². The molecule has 0 atom stereocenters. The van der Waals surface area contributed by atoms with Gasteiger partial charge in [-0.2, -0.15) is 0 Å². The van der Waals surface area contributed by atoms with E-state index < -0.39 is 0 Å². The number of nitrogens with zero attached hydrogens (tertiary/aromatic N) is 3. The van der Waals surface area contributed by atoms with E-state index in [2.05, 4.69) is 14.8 Å². The fourth-order valence-electron chi connectivity index (χ4n) is 2.59. The smallest absolute Gasteiger partial charge is 0.195 e. The molecule has 110 valence electrons. The van der Waals surface area contributed by atoms with E-state index in [-0.39, 0.29) is 0 Å². The molecule has 0 saturated heterocycles. The maximum atomic E-state index is 5.81. The molecule has 4 rings (SSSR count). The number of pyridine rings is 1. The Morgan fingerprint density at radius 3 is 2.91 bits per heavy atom. The van der Waals surface area contributed by atoms with Crippen LogP contribution in [0.4, 0.5) is 0 Å². The van der Waals surface area contributed by atoms with Crippen molar-refractivity contribution in [3.8, 4) is 22.8 Å². The molecule has 0 fully saturated rings. The number of rotatable bonds is 4. The van der Waals surface area contributed by atoms with Crippen molar-refractivity contribution in [1.82, 2.24) is 14.4 Å². The number of hydrogen-bond donors (Lipinski definition) is 1. The molecule has 0 radical (unpaired) electrons. The number of fused-ring (bicyclic) bond motifs is 1. The van der Waals surface area contributed by atoms with Crippen molar-refractivity contribution in [2.45, 2.75) is 6.42 Å². The topological polar surface area (TPSA) is 69.3 Å². The summed E-state index contributed by atoms with van der Waals surface area (Å²) in [5.41, 5.74) is 9.65. The second kappa shape index (κ2) is 5.40. The van der Waals surface area contributed by atoms with Crippen molar-refractivity contribution in [1.29, 1.82) is 0 Å². The molecule has 0 aliphatic carbocycles. The predicted octanol–water partition coefficient (Wildman–Crippen LogP) is 3.22. The van der Waals surface area contributed by atoms with Gasteiger partial charge in [-0.3, -0.25) is 9.38 Å². The van der Waals surface area contributed by atoms with Crippen LogP contribution in [0.15, 0.2) is 52.6 Å². The van der Waals surface area contributed by atoms with Crippen molar-refractivity contribution < 1.29 is 4.42 Å². The van der Waals surface area contributed by atoms with Crippen LogP contribution in [-0.2, 0) is 6.42 Å². The van der Waals surface area contributed by atoms with Crippen LogP contribution in [0.25, 0.3) is 27.8 Å². The van der Waals surface area contributed by atoms with E-state index in [1.807, 2.05) is 30.3 Å². The van der Waals surface area contributed by atoms with E-state index in [4.69, 9.17) is 15.1 Å². The van der Waals surface area contributed by atoms with Gasteiger partial charge in [-0.15, -0.1) is 11.3 Å². The average molecular weight is 310 g/mol. The summed E-state index contributed by atoms with van der Waals surface area (Å²) in [6.45, 7) is 0.557. The monoisotopic (exact) mass is 310 g/mol. The summed E-state index contributed by atoms with van der Waals surface area (Å²) in [6.07, 6.45) is 4.19. The molecule has 0 amide bonds. The first-order valence-electron chi connectivity index (χ1n) is 7.02. The molecule has 0 aliphatic rings. The summed E-state index contributed by atoms with van der Waals surface area (Å²) >= 11 is 1.59. The molecule has 4 aromatic heterocycles. The van der Waals surface area contributed by atoms with E-state index in [1.165, 1.54) is 0 Å². The van der Waals surface area contributed by atoms with Gasteiger partial charge in [0, 0.05) is 18.0 Å². The first kappa shape index (κ1) is 13.2. The van der Waals surface area contributed by atoms with E-state index in [0.717, 1.165) is 39.9 Å². The Labute approximate surface area is 131 Å². The van der Waals surface area contributed by atoms with Gasteiger partial charge in [-0.25, -0.2) is 4.98 Å². The second-order valence-corrected chi connectivity index (χ2v) is 5.71. The minimum atomic E-state index is 0.557. The van der Waals surface area contributed by atoms with E-state index >= 15 is 0 Å². The Morgan fingerprint density at radius 2 is 2.18 bits per heavy atom. The Kier molecular flexibility index (Phi) is 3.25. The van der Waals surface area contributed by atoms with E-state index in [9.17, 15) is 0 Å². The number of thiazole rings is 1. The second-order valence-electron chi connectivity index (χ2n) is 4.88. The lowest BCUT2D eigenvalue weighted by Gasteiger charge is -2.04. The molecule has 22 heavy (non-hydrogen) atoms. The highest BCUT2D eigenvalue weighted by Crippen LogP contribution is 2.32. The highest BCUT2D eigenvalue weighted by Gasteiger charge is 2.19. The summed E-state index contributed by atoms with van der Waals surface area (Å²) in [5, 5.41) is 2.06. The SMILES string of the molecule is NCCc1c(-c2ccccn2)nc2scc(-c3ccco3)n12. The predicted molar refractivity (Wildman–Crippen MR) is 86.8 cm³/mol. The lowest BCUT2D eigenvalue weighted by atomic mass is 10.2. The molecule has 6 heteroatoms. The lowest BCUT2D eigenvalue weighted by Crippen LogP contribution is -2.06. The standard InChI is InChI=1S/C16H14N4OS/c17-7-6-12-15(11-4-1-2-8-18-11)19-16-20(12)13(10-22-16)14-5-3-9-21-14/h1-5,8-10H,6-7,17H2. The molecular formula is C16H14N4OS. The summed E-state index contributed by atoms with van der Waals surface area (Å²) in [7, 11) is 0. The quantitative estimate of drug-likeness (QED) is 0.628. The van der Waals surface area contributed by atoms with Gasteiger partial charge in [0.2, 0.25) is 0 Å². The third kappa shape index (κ3) is 2.04. The minimum Gasteiger partial charge on any atom is -0.463 e. The van der Waals surface area contributed by atoms with Crippen molar-refractivity contribution >= 4 is 16.3 Å². The Balaban J connectivity index is 1.98. The van der Waals surface area contributed by atoms with Gasteiger partial charge in [-0.05, 0) is 30.8 Å². The first-order valence-corrected chi connectivity index (χ1v) is 7.90. The molecule has 4 heterocycles. The molecule has 0 spiro atoms. The lowest BCUT2D eigenvalue weighted by molar-refractivity contribution is 0.579. The minimum absolute atomic E-state index is 0.557. The van der Waals surface area contributed by atoms with Gasteiger partial charge in [0.15, 0.2) is 10.7 Å². The maximum absolute atomic E-state index is 5.81. The number of furan rings is 1. The molecule has 0 aromatic carbocycles. The average Bonchev–Trinajstić information content (AvgIpc) is 3.25. The third-order valence-electron chi connectivity index (χ3n) is 3.52. The number of hydrogen-bond acceptors (Lipinski definition) is 5. The molecule has 2 N–H and O–H groups in total. The summed E-state index contributed by atoms with van der Waals surface area (Å²) in [5.74, 6) is 0.828. The largest absolute Gasteiger partial charge is 0.463 e. The van der Waals surface area contributed by atoms with Gasteiger partial charge in [-0.1, -0.05) is 6.07 Å². The fraction of sp³-hybridized carbons (Fsp3) is 0.125. The summed E-state index contributed by atoms with van der Waals surface area (Å²) in [4.78, 5) is 10.1. The summed E-state index contributed by atoms with van der Waals surface area (Å²) in [6, 6.07) is 9.68. The van der Waals surface area contributed by atoms with Gasteiger partial charge >= 0.3 is 0 Å². The van der Waals surface area contributed by atoms with Crippen LogP contribution in [0.5, 0.6) is 0 Å². The fourth-order valence-corrected chi connectivity index (χ4v) is 3.48. The zero-order valence-electron chi connectivity index (χ0n) is 11.8. The highest BCUT2D eigenvalue weighted by atomic mass is 32.1. The number of imidazole rings is 1. The van der Waals surface area contributed by atoms with Crippen LogP contribution in [-0.4, -0.2) is 20.9 Å². The van der Waals surface area contributed by atoms with Crippen molar-refractivity contribution in [3.05, 3.63) is 53.9 Å². The van der Waals surface area contributed by atoms with Crippen molar-refractivity contribution in [3.63, 3.8) is 0 Å². The first-order chi connectivity index (χ1) is 10.9. The Hall–Kier alpha value is -2.44. The molecule has 0 saturated carbocycles. The molecule has 0 unspecified atom stereocenters. The summed E-state index contributed by atoms with van der Waals surface area (Å²) < 4.78 is 7.67. The zero-order chi connectivity index (χ0) is 14.9. The van der Waals surface area contributed by atoms with Gasteiger partial charge in [0.1, 0.15) is 11.4 Å². The van der Waals surface area contributed by atoms with Crippen LogP contribution < -0.4 is 5.73 Å². The maximum Gasteiger partial charge on any atom is 0.195 e. The van der Waals surface area contributed by atoms with E-state index in [0.29, 0.717) is 6.54 Å². The third-order valence-corrected chi connectivity index (χ3v) is 4.35. The van der Waals surface area contributed by atoms with Crippen molar-refractivity contribution in [2.24, 2.45) is 5.73 Å². The van der Waals surface area contributed by atoms with E-state index in [1.54, 1.807) is 23.8 Å². The van der Waals surface area contributed by atoms with Crippen LogP contribution in [0.2, 0.25) is 0 Å². The van der Waals surface area contributed by atoms with Crippen LogP contribution >= 0.6 is 11.3 Å². The highest BCUT2D eigenvalue weighted by molar-refractivity contribution is 7.15. The van der Waals surface area contributed by atoms with Crippen LogP contribution in [0, 0.1) is 0 Å². The molecule has 4 aromatic rings. The molecular weight excluding hydrogens is 296 g/mol. The molecule has 5 nitrogen and oxygen atoms in total. The Morgan fingerprint density at radius 1 is 1.23 bits per heavy atom. The Bertz CT molecular complexity index is 893. The zero-order valence-corrected chi connectivity index (χ0v) is 12.6. The van der Waals surface area contributed by atoms with Crippen LogP contribution in [0.1, 0.15) is 5.69 Å². The van der Waals surface area contributed by atoms with Gasteiger partial charge in [0.05, 0.1) is 17.7 Å². The molecule has 0 aliphatic heterocycles. The number of aromatic nitrogens is 3.